The first kappa shape index (κ1) is 12.2. The lowest BCUT2D eigenvalue weighted by Gasteiger charge is -2.12. The molecule has 0 atom stereocenters. The molecule has 18 heavy (non-hydrogen) atoms. The average Bonchev–Trinajstić information content (AvgIpc) is 2.86. The standard InChI is InChI=1S/C13H14N2O3/c1-8-4-12(18-3)9(5-11(8)17-2)13-10(6-16)14-7-15-13/h4-7H,1-3H3,(H,14,15). The van der Waals surface area contributed by atoms with E-state index in [9.17, 15) is 4.79 Å². The molecular weight excluding hydrogens is 232 g/mol. The molecule has 1 aromatic carbocycles. The van der Waals surface area contributed by atoms with Crippen molar-refractivity contribution < 1.29 is 14.3 Å². The molecule has 5 nitrogen and oxygen atoms in total. The van der Waals surface area contributed by atoms with Gasteiger partial charge in [0.2, 0.25) is 0 Å². The van der Waals surface area contributed by atoms with Crippen LogP contribution in [0, 0.1) is 6.92 Å². The van der Waals surface area contributed by atoms with Gasteiger partial charge in [-0.3, -0.25) is 4.79 Å². The molecule has 0 spiro atoms. The van der Waals surface area contributed by atoms with Crippen molar-refractivity contribution in [3.05, 3.63) is 29.7 Å². The third kappa shape index (κ3) is 1.95. The summed E-state index contributed by atoms with van der Waals surface area (Å²) in [4.78, 5) is 17.9. The van der Waals surface area contributed by atoms with Gasteiger partial charge in [0.15, 0.2) is 6.29 Å². The highest BCUT2D eigenvalue weighted by atomic mass is 16.5. The van der Waals surface area contributed by atoms with Crippen LogP contribution in [0.4, 0.5) is 0 Å². The van der Waals surface area contributed by atoms with Gasteiger partial charge in [-0.2, -0.15) is 0 Å². The average molecular weight is 246 g/mol. The number of aromatic nitrogens is 2. The van der Waals surface area contributed by atoms with Gasteiger partial charge >= 0.3 is 0 Å². The number of hydrogen-bond donors (Lipinski definition) is 1. The minimum absolute atomic E-state index is 0.416. The number of nitrogens with zero attached hydrogens (tertiary/aromatic N) is 1. The molecule has 0 radical (unpaired) electrons. The maximum Gasteiger partial charge on any atom is 0.168 e. The first-order valence-corrected chi connectivity index (χ1v) is 5.42. The van der Waals surface area contributed by atoms with E-state index < -0.39 is 0 Å². The quantitative estimate of drug-likeness (QED) is 0.840. The van der Waals surface area contributed by atoms with Crippen molar-refractivity contribution in [3.63, 3.8) is 0 Å². The SMILES string of the molecule is COc1cc(-c2nc[nH]c2C=O)c(OC)cc1C. The van der Waals surface area contributed by atoms with Crippen LogP contribution < -0.4 is 9.47 Å². The number of rotatable bonds is 4. The lowest BCUT2D eigenvalue weighted by Crippen LogP contribution is -1.95. The summed E-state index contributed by atoms with van der Waals surface area (Å²) in [6.45, 7) is 1.93. The van der Waals surface area contributed by atoms with Crippen LogP contribution in [0.3, 0.4) is 0 Å². The topological polar surface area (TPSA) is 64.2 Å². The van der Waals surface area contributed by atoms with Crippen molar-refractivity contribution in [2.75, 3.05) is 14.2 Å². The number of aryl methyl sites for hydroxylation is 1. The lowest BCUT2D eigenvalue weighted by molar-refractivity contribution is 0.112. The Hall–Kier alpha value is -2.30. The number of ether oxygens (including phenoxy) is 2. The van der Waals surface area contributed by atoms with Crippen LogP contribution in [-0.4, -0.2) is 30.5 Å². The fourth-order valence-electron chi connectivity index (χ4n) is 1.84. The van der Waals surface area contributed by atoms with E-state index in [1.807, 2.05) is 19.1 Å². The summed E-state index contributed by atoms with van der Waals surface area (Å²) in [6.07, 6.45) is 2.21. The Labute approximate surface area is 105 Å². The Morgan fingerprint density at radius 2 is 1.94 bits per heavy atom. The molecule has 1 aromatic heterocycles. The third-order valence-corrected chi connectivity index (χ3v) is 2.76. The highest BCUT2D eigenvalue weighted by molar-refractivity contribution is 5.85. The molecule has 2 rings (SSSR count). The fraction of sp³-hybridized carbons (Fsp3) is 0.231. The van der Waals surface area contributed by atoms with Gasteiger partial charge in [0.05, 0.1) is 20.5 Å². The second-order valence-corrected chi connectivity index (χ2v) is 3.80. The van der Waals surface area contributed by atoms with Crippen LogP contribution in [0.2, 0.25) is 0 Å². The van der Waals surface area contributed by atoms with Gasteiger partial charge in [-0.25, -0.2) is 4.98 Å². The van der Waals surface area contributed by atoms with Crippen LogP contribution in [0.25, 0.3) is 11.3 Å². The van der Waals surface area contributed by atoms with Gasteiger partial charge < -0.3 is 14.5 Å². The van der Waals surface area contributed by atoms with Crippen molar-refractivity contribution in [1.29, 1.82) is 0 Å². The first-order valence-electron chi connectivity index (χ1n) is 5.42. The number of nitrogens with one attached hydrogen (secondary N) is 1. The smallest absolute Gasteiger partial charge is 0.168 e. The van der Waals surface area contributed by atoms with E-state index in [1.165, 1.54) is 6.33 Å². The summed E-state index contributed by atoms with van der Waals surface area (Å²) >= 11 is 0. The minimum Gasteiger partial charge on any atom is -0.496 e. The number of aromatic amines is 1. The molecule has 94 valence electrons. The molecule has 0 amide bonds. The normalized spacial score (nSPS) is 10.2. The monoisotopic (exact) mass is 246 g/mol. The van der Waals surface area contributed by atoms with E-state index in [4.69, 9.17) is 9.47 Å². The summed E-state index contributed by atoms with van der Waals surface area (Å²) in [5.41, 5.74) is 2.66. The maximum absolute atomic E-state index is 10.9. The molecule has 1 heterocycles. The second-order valence-electron chi connectivity index (χ2n) is 3.80. The fourth-order valence-corrected chi connectivity index (χ4v) is 1.84. The Morgan fingerprint density at radius 1 is 1.22 bits per heavy atom. The highest BCUT2D eigenvalue weighted by Gasteiger charge is 2.15. The van der Waals surface area contributed by atoms with E-state index in [0.717, 1.165) is 23.2 Å². The van der Waals surface area contributed by atoms with E-state index >= 15 is 0 Å². The molecule has 0 saturated carbocycles. The van der Waals surface area contributed by atoms with Gasteiger partial charge in [-0.15, -0.1) is 0 Å². The number of imidazole rings is 1. The predicted molar refractivity (Wildman–Crippen MR) is 67.3 cm³/mol. The van der Waals surface area contributed by atoms with Gasteiger partial charge in [0.25, 0.3) is 0 Å². The number of H-pyrrole nitrogens is 1. The van der Waals surface area contributed by atoms with Gasteiger partial charge in [0.1, 0.15) is 22.9 Å². The number of benzene rings is 1. The predicted octanol–water partition coefficient (Wildman–Crippen LogP) is 2.21. The van der Waals surface area contributed by atoms with Crippen molar-refractivity contribution in [2.24, 2.45) is 0 Å². The van der Waals surface area contributed by atoms with Crippen molar-refractivity contribution in [2.45, 2.75) is 6.92 Å². The van der Waals surface area contributed by atoms with E-state index in [0.29, 0.717) is 17.1 Å². The van der Waals surface area contributed by atoms with Crippen molar-refractivity contribution in [1.82, 2.24) is 9.97 Å². The first-order chi connectivity index (χ1) is 8.71. The number of carbonyl (C=O) groups is 1. The Morgan fingerprint density at radius 3 is 2.56 bits per heavy atom. The van der Waals surface area contributed by atoms with Crippen molar-refractivity contribution >= 4 is 6.29 Å². The Bertz CT molecular complexity index is 576. The van der Waals surface area contributed by atoms with Crippen LogP contribution >= 0.6 is 0 Å². The summed E-state index contributed by atoms with van der Waals surface area (Å²) in [5, 5.41) is 0. The second kappa shape index (κ2) is 4.91. The Kier molecular flexibility index (Phi) is 3.32. The lowest BCUT2D eigenvalue weighted by atomic mass is 10.1. The number of carbonyl (C=O) groups excluding carboxylic acids is 1. The highest BCUT2D eigenvalue weighted by Crippen LogP contribution is 2.35. The molecule has 0 aliphatic rings. The summed E-state index contributed by atoms with van der Waals surface area (Å²) in [6, 6.07) is 3.68. The van der Waals surface area contributed by atoms with Crippen LogP contribution in [-0.2, 0) is 0 Å². The zero-order valence-electron chi connectivity index (χ0n) is 10.5. The number of methoxy groups -OCH3 is 2. The van der Waals surface area contributed by atoms with Gasteiger partial charge in [0, 0.05) is 5.56 Å². The van der Waals surface area contributed by atoms with Gasteiger partial charge in [-0.05, 0) is 24.6 Å². The van der Waals surface area contributed by atoms with E-state index in [-0.39, 0.29) is 0 Å². The minimum atomic E-state index is 0.416. The third-order valence-electron chi connectivity index (χ3n) is 2.76. The Balaban J connectivity index is 2.65. The molecule has 0 saturated heterocycles. The zero-order chi connectivity index (χ0) is 13.1. The van der Waals surface area contributed by atoms with E-state index in [2.05, 4.69) is 9.97 Å². The van der Waals surface area contributed by atoms with Crippen LogP contribution in [0.15, 0.2) is 18.5 Å². The number of aldehydes is 1. The molecule has 0 bridgehead atoms. The molecule has 0 aliphatic heterocycles. The molecule has 5 heteroatoms. The summed E-state index contributed by atoms with van der Waals surface area (Å²) in [7, 11) is 3.18. The number of hydrogen-bond acceptors (Lipinski definition) is 4. The molecule has 1 N–H and O–H groups in total. The molecule has 0 aliphatic carbocycles. The molecule has 0 unspecified atom stereocenters. The summed E-state index contributed by atoms with van der Waals surface area (Å²) in [5.74, 6) is 1.38. The largest absolute Gasteiger partial charge is 0.496 e. The van der Waals surface area contributed by atoms with Crippen LogP contribution in [0.1, 0.15) is 16.1 Å². The van der Waals surface area contributed by atoms with Crippen molar-refractivity contribution in [3.8, 4) is 22.8 Å². The molecular formula is C13H14N2O3. The van der Waals surface area contributed by atoms with E-state index in [1.54, 1.807) is 14.2 Å². The molecule has 2 aromatic rings. The summed E-state index contributed by atoms with van der Waals surface area (Å²) < 4.78 is 10.6. The molecule has 0 fully saturated rings. The van der Waals surface area contributed by atoms with Gasteiger partial charge in [-0.1, -0.05) is 0 Å². The zero-order valence-corrected chi connectivity index (χ0v) is 10.5. The maximum atomic E-state index is 10.9. The van der Waals surface area contributed by atoms with Crippen LogP contribution in [0.5, 0.6) is 11.5 Å².